The van der Waals surface area contributed by atoms with Crippen LogP contribution in [-0.4, -0.2) is 49.1 Å². The highest BCUT2D eigenvalue weighted by atomic mass is 16.5. The van der Waals surface area contributed by atoms with Crippen LogP contribution in [0.4, 0.5) is 0 Å². The van der Waals surface area contributed by atoms with E-state index in [0.717, 1.165) is 24.8 Å². The van der Waals surface area contributed by atoms with Crippen LogP contribution in [-0.2, 0) is 9.53 Å². The van der Waals surface area contributed by atoms with Gasteiger partial charge < -0.3 is 15.0 Å². The molecule has 1 aromatic carbocycles. The number of nitrogens with zero attached hydrogens (tertiary/aromatic N) is 1. The van der Waals surface area contributed by atoms with Crippen molar-refractivity contribution in [2.75, 3.05) is 26.3 Å². The second-order valence-electron chi connectivity index (χ2n) is 6.00. The molecule has 1 unspecified atom stereocenters. The zero-order valence-electron chi connectivity index (χ0n) is 12.7. The number of rotatable bonds is 3. The quantitative estimate of drug-likeness (QED) is 0.919. The van der Waals surface area contributed by atoms with Gasteiger partial charge in [-0.3, -0.25) is 9.59 Å². The lowest BCUT2D eigenvalue weighted by Crippen LogP contribution is -2.48. The summed E-state index contributed by atoms with van der Waals surface area (Å²) in [5.41, 5.74) is 0.730. The standard InChI is InChI=1S/C17H22N2O3/c20-16(14-8-11-22-12-14)18-15-6-9-19(10-7-15)17(21)13-4-2-1-3-5-13/h1-5,14-15H,6-12H2,(H,18,20). The average molecular weight is 302 g/mol. The van der Waals surface area contributed by atoms with Crippen LogP contribution >= 0.6 is 0 Å². The number of likely N-dealkylation sites (tertiary alicyclic amines) is 1. The van der Waals surface area contributed by atoms with Gasteiger partial charge in [-0.05, 0) is 31.4 Å². The average Bonchev–Trinajstić information content (AvgIpc) is 3.10. The zero-order chi connectivity index (χ0) is 15.4. The molecule has 22 heavy (non-hydrogen) atoms. The van der Waals surface area contributed by atoms with Crippen molar-refractivity contribution in [3.63, 3.8) is 0 Å². The van der Waals surface area contributed by atoms with Gasteiger partial charge in [0.2, 0.25) is 5.91 Å². The minimum atomic E-state index is 0.00369. The molecule has 1 N–H and O–H groups in total. The predicted molar refractivity (Wildman–Crippen MR) is 82.4 cm³/mol. The smallest absolute Gasteiger partial charge is 0.253 e. The van der Waals surface area contributed by atoms with E-state index in [1.165, 1.54) is 0 Å². The first-order valence-corrected chi connectivity index (χ1v) is 7.96. The molecule has 2 aliphatic rings. The Kier molecular flexibility index (Phi) is 4.73. The molecule has 5 heteroatoms. The van der Waals surface area contributed by atoms with Gasteiger partial charge in [0.05, 0.1) is 12.5 Å². The Labute approximate surface area is 130 Å². The number of amides is 2. The number of carbonyl (C=O) groups is 2. The van der Waals surface area contributed by atoms with E-state index >= 15 is 0 Å². The van der Waals surface area contributed by atoms with Crippen molar-refractivity contribution in [3.8, 4) is 0 Å². The van der Waals surface area contributed by atoms with E-state index in [9.17, 15) is 9.59 Å². The molecule has 1 aromatic rings. The SMILES string of the molecule is O=C(NC1CCN(C(=O)c2ccccc2)CC1)C1CCOC1. The van der Waals surface area contributed by atoms with Crippen molar-refractivity contribution in [2.24, 2.45) is 5.92 Å². The monoisotopic (exact) mass is 302 g/mol. The minimum Gasteiger partial charge on any atom is -0.381 e. The van der Waals surface area contributed by atoms with Crippen LogP contribution < -0.4 is 5.32 Å². The molecule has 3 rings (SSSR count). The van der Waals surface area contributed by atoms with Gasteiger partial charge in [-0.15, -0.1) is 0 Å². The van der Waals surface area contributed by atoms with E-state index in [1.807, 2.05) is 35.2 Å². The van der Waals surface area contributed by atoms with E-state index in [0.29, 0.717) is 26.3 Å². The summed E-state index contributed by atoms with van der Waals surface area (Å²) in [4.78, 5) is 26.3. The third-order valence-corrected chi connectivity index (χ3v) is 4.45. The Morgan fingerprint density at radius 1 is 1.09 bits per heavy atom. The third kappa shape index (κ3) is 3.47. The number of hydrogen-bond acceptors (Lipinski definition) is 3. The Balaban J connectivity index is 1.48. The van der Waals surface area contributed by atoms with Crippen molar-refractivity contribution in [3.05, 3.63) is 35.9 Å². The lowest BCUT2D eigenvalue weighted by molar-refractivity contribution is -0.125. The highest BCUT2D eigenvalue weighted by Crippen LogP contribution is 2.17. The molecular weight excluding hydrogens is 280 g/mol. The fraction of sp³-hybridized carbons (Fsp3) is 0.529. The Hall–Kier alpha value is -1.88. The topological polar surface area (TPSA) is 58.6 Å². The molecule has 0 saturated carbocycles. The molecule has 1 atom stereocenters. The van der Waals surface area contributed by atoms with Crippen LogP contribution in [0.1, 0.15) is 29.6 Å². The molecule has 118 valence electrons. The number of nitrogens with one attached hydrogen (secondary N) is 1. The number of piperidine rings is 1. The molecule has 0 aromatic heterocycles. The van der Waals surface area contributed by atoms with Crippen LogP contribution in [0.3, 0.4) is 0 Å². The highest BCUT2D eigenvalue weighted by molar-refractivity contribution is 5.94. The Morgan fingerprint density at radius 3 is 2.45 bits per heavy atom. The Bertz CT molecular complexity index is 518. The van der Waals surface area contributed by atoms with Gasteiger partial charge in [-0.1, -0.05) is 18.2 Å². The van der Waals surface area contributed by atoms with Crippen molar-refractivity contribution in [2.45, 2.75) is 25.3 Å². The predicted octanol–water partition coefficient (Wildman–Crippen LogP) is 1.44. The maximum atomic E-state index is 12.4. The maximum absolute atomic E-state index is 12.4. The van der Waals surface area contributed by atoms with E-state index < -0.39 is 0 Å². The summed E-state index contributed by atoms with van der Waals surface area (Å²) in [5, 5.41) is 3.10. The molecule has 2 amide bonds. The van der Waals surface area contributed by atoms with Crippen molar-refractivity contribution >= 4 is 11.8 Å². The molecule has 0 bridgehead atoms. The van der Waals surface area contributed by atoms with Gasteiger partial charge in [0.1, 0.15) is 0 Å². The van der Waals surface area contributed by atoms with Gasteiger partial charge >= 0.3 is 0 Å². The maximum Gasteiger partial charge on any atom is 0.253 e. The molecule has 5 nitrogen and oxygen atoms in total. The summed E-state index contributed by atoms with van der Waals surface area (Å²) < 4.78 is 5.25. The summed E-state index contributed by atoms with van der Waals surface area (Å²) >= 11 is 0. The molecule has 0 aliphatic carbocycles. The van der Waals surface area contributed by atoms with Gasteiger partial charge in [-0.25, -0.2) is 0 Å². The van der Waals surface area contributed by atoms with E-state index in [1.54, 1.807) is 0 Å². The fourth-order valence-corrected chi connectivity index (χ4v) is 3.05. The molecule has 2 heterocycles. The summed E-state index contributed by atoms with van der Waals surface area (Å²) in [5.74, 6) is 0.184. The van der Waals surface area contributed by atoms with Crippen molar-refractivity contribution in [1.29, 1.82) is 0 Å². The molecule has 0 spiro atoms. The molecule has 2 saturated heterocycles. The second kappa shape index (κ2) is 6.92. The lowest BCUT2D eigenvalue weighted by Gasteiger charge is -2.33. The number of carbonyl (C=O) groups excluding carboxylic acids is 2. The van der Waals surface area contributed by atoms with Crippen LogP contribution in [0, 0.1) is 5.92 Å². The van der Waals surface area contributed by atoms with Crippen molar-refractivity contribution < 1.29 is 14.3 Å². The summed E-state index contributed by atoms with van der Waals surface area (Å²) in [6, 6.07) is 9.53. The van der Waals surface area contributed by atoms with Gasteiger partial charge in [0.15, 0.2) is 0 Å². The fourth-order valence-electron chi connectivity index (χ4n) is 3.05. The Morgan fingerprint density at radius 2 is 1.82 bits per heavy atom. The molecule has 2 aliphatic heterocycles. The number of benzene rings is 1. The van der Waals surface area contributed by atoms with Crippen LogP contribution in [0.2, 0.25) is 0 Å². The van der Waals surface area contributed by atoms with Gasteiger partial charge in [0, 0.05) is 31.3 Å². The molecule has 2 fully saturated rings. The van der Waals surface area contributed by atoms with Crippen LogP contribution in [0.15, 0.2) is 30.3 Å². The largest absolute Gasteiger partial charge is 0.381 e. The first-order chi connectivity index (χ1) is 10.7. The molecular formula is C17H22N2O3. The normalized spacial score (nSPS) is 22.5. The summed E-state index contributed by atoms with van der Waals surface area (Å²) in [6.45, 7) is 2.61. The molecule has 0 radical (unpaired) electrons. The van der Waals surface area contributed by atoms with E-state index in [4.69, 9.17) is 4.74 Å². The summed E-state index contributed by atoms with van der Waals surface area (Å²) in [6.07, 6.45) is 2.45. The van der Waals surface area contributed by atoms with E-state index in [-0.39, 0.29) is 23.8 Å². The zero-order valence-corrected chi connectivity index (χ0v) is 12.7. The minimum absolute atomic E-state index is 0.00369. The highest BCUT2D eigenvalue weighted by Gasteiger charge is 2.28. The van der Waals surface area contributed by atoms with Crippen LogP contribution in [0.25, 0.3) is 0 Å². The van der Waals surface area contributed by atoms with Gasteiger partial charge in [-0.2, -0.15) is 0 Å². The lowest BCUT2D eigenvalue weighted by atomic mass is 10.0. The van der Waals surface area contributed by atoms with Crippen molar-refractivity contribution in [1.82, 2.24) is 10.2 Å². The van der Waals surface area contributed by atoms with Crippen LogP contribution in [0.5, 0.6) is 0 Å². The first kappa shape index (κ1) is 15.0. The third-order valence-electron chi connectivity index (χ3n) is 4.45. The van der Waals surface area contributed by atoms with E-state index in [2.05, 4.69) is 5.32 Å². The number of hydrogen-bond donors (Lipinski definition) is 1. The number of ether oxygens (including phenoxy) is 1. The summed E-state index contributed by atoms with van der Waals surface area (Å²) in [7, 11) is 0. The first-order valence-electron chi connectivity index (χ1n) is 7.96. The van der Waals surface area contributed by atoms with Gasteiger partial charge in [0.25, 0.3) is 5.91 Å². The second-order valence-corrected chi connectivity index (χ2v) is 6.00.